The third-order valence-electron chi connectivity index (χ3n) is 13.8. The molecule has 6 atom stereocenters. The van der Waals surface area contributed by atoms with Gasteiger partial charge in [0.25, 0.3) is 22.6 Å². The topological polar surface area (TPSA) is 587 Å². The maximum absolute atomic E-state index is 15.1. The van der Waals surface area contributed by atoms with E-state index < -0.39 is 161 Å². The average Bonchev–Trinajstić information content (AvgIpc) is 0.827. The van der Waals surface area contributed by atoms with Crippen molar-refractivity contribution in [3.05, 3.63) is 146 Å². The molecule has 21 N–H and O–H groups in total. The van der Waals surface area contributed by atoms with E-state index in [4.69, 9.17) is 33.8 Å². The number of carbonyl (C=O) groups is 8. The molecule has 0 saturated heterocycles. The minimum absolute atomic E-state index is 0.0449. The van der Waals surface area contributed by atoms with Crippen LogP contribution in [0.5, 0.6) is 0 Å². The van der Waals surface area contributed by atoms with Crippen molar-refractivity contribution in [2.24, 2.45) is 17.2 Å². The molecular formula is C53H67N23O15. The molecule has 0 bridgehead atoms. The summed E-state index contributed by atoms with van der Waals surface area (Å²) >= 11 is 0. The fourth-order valence-corrected chi connectivity index (χ4v) is 9.34. The van der Waals surface area contributed by atoms with E-state index >= 15 is 4.79 Å². The maximum atomic E-state index is 15.1. The number of rotatable bonds is 29. The number of primary amides is 1. The highest BCUT2D eigenvalue weighted by molar-refractivity contribution is 5.97. The monoisotopic (exact) mass is 1270 g/mol. The van der Waals surface area contributed by atoms with Crippen molar-refractivity contribution in [2.75, 3.05) is 32.4 Å². The number of nitrogens with one attached hydrogen (secondary N) is 13. The molecular weight excluding hydrogens is 1200 g/mol. The van der Waals surface area contributed by atoms with Crippen molar-refractivity contribution in [3.63, 3.8) is 0 Å². The Morgan fingerprint density at radius 2 is 1.09 bits per heavy atom. The van der Waals surface area contributed by atoms with Gasteiger partial charge in [0.05, 0.1) is 48.0 Å². The normalized spacial score (nSPS) is 13.4. The molecule has 0 radical (unpaired) electrons. The van der Waals surface area contributed by atoms with Crippen molar-refractivity contribution in [1.29, 1.82) is 10.8 Å². The smallest absolute Gasteiger partial charge is 0.349 e. The van der Waals surface area contributed by atoms with Crippen molar-refractivity contribution in [3.8, 4) is 0 Å². The molecule has 38 heteroatoms. The summed E-state index contributed by atoms with van der Waals surface area (Å²) in [4.78, 5) is 218. The number of aromatic nitrogens is 8. The molecule has 0 spiro atoms. The lowest BCUT2D eigenvalue weighted by Gasteiger charge is -2.35. The van der Waals surface area contributed by atoms with Gasteiger partial charge in [-0.2, -0.15) is 4.98 Å². The van der Waals surface area contributed by atoms with Gasteiger partial charge in [0.2, 0.25) is 41.4 Å². The molecule has 0 aliphatic rings. The van der Waals surface area contributed by atoms with Gasteiger partial charge in [-0.1, -0.05) is 24.3 Å². The highest BCUT2D eigenvalue weighted by atomic mass is 16.2. The maximum Gasteiger partial charge on any atom is 0.349 e. The molecule has 6 aromatic rings. The van der Waals surface area contributed by atoms with Crippen LogP contribution in [0.25, 0.3) is 21.8 Å². The van der Waals surface area contributed by atoms with Crippen LogP contribution in [-0.4, -0.2) is 159 Å². The predicted molar refractivity (Wildman–Crippen MR) is 324 cm³/mol. The summed E-state index contributed by atoms with van der Waals surface area (Å²) in [6.45, 7) is -1.86. The Kier molecular flexibility index (Phi) is 22.5. The Hall–Kier alpha value is -12.0. The number of benzene rings is 2. The number of carbonyl (C=O) groups excluding carboxylic acids is 8. The summed E-state index contributed by atoms with van der Waals surface area (Å²) in [7, 11) is 1.01. The summed E-state index contributed by atoms with van der Waals surface area (Å²) in [5, 5.41) is 33.9. The van der Waals surface area contributed by atoms with E-state index in [1.54, 1.807) is 0 Å². The van der Waals surface area contributed by atoms with E-state index in [2.05, 4.69) is 57.5 Å². The molecule has 8 amide bonds. The van der Waals surface area contributed by atoms with Crippen LogP contribution in [0.3, 0.4) is 0 Å². The second-order valence-corrected chi connectivity index (χ2v) is 20.7. The minimum atomic E-state index is -2.56. The Labute approximate surface area is 510 Å². The van der Waals surface area contributed by atoms with Crippen LogP contribution in [0, 0.1) is 10.8 Å². The van der Waals surface area contributed by atoms with Crippen LogP contribution < -0.4 is 105 Å². The number of amides is 8. The third-order valence-corrected chi connectivity index (χ3v) is 13.8. The fraction of sp³-hybridized carbons (Fsp3) is 0.358. The summed E-state index contributed by atoms with van der Waals surface area (Å²) in [5.41, 5.74) is 12.1. The summed E-state index contributed by atoms with van der Waals surface area (Å²) in [6.07, 6.45) is 1.87. The van der Waals surface area contributed by atoms with Gasteiger partial charge in [-0.05, 0) is 62.9 Å². The summed E-state index contributed by atoms with van der Waals surface area (Å²) < 4.78 is 2.42. The Bertz CT molecular complexity index is 4260. The van der Waals surface area contributed by atoms with Crippen molar-refractivity contribution in [1.82, 2.24) is 85.6 Å². The first kappa shape index (κ1) is 68.1. The number of H-pyrrole nitrogens is 3. The molecule has 4 aromatic heterocycles. The number of fused-ring (bicyclic) bond motifs is 2. The van der Waals surface area contributed by atoms with Crippen LogP contribution >= 0.6 is 0 Å². The molecule has 4 heterocycles. The highest BCUT2D eigenvalue weighted by Crippen LogP contribution is 2.16. The standard InChI is InChI=1S/C53H67N23O15/c1-26(77)62-32(15-9-19-61-48(58)59)43(84)71-53(2,76-21-17-37(78)70-52(76)91)46(87)72(3)25-38(79)63-34(23-74-44(85)27-10-4-6-12-29(27)67-50(74)89)41(82)66-35(24-75-45(86)28-11-5-7-13-30(28)68-51(75)90)42(83)65-33(22-73-20-16-36(54)69-49(73)88)40(81)64-31(39(55)80)14-8-18-60-47(56)57/h4-7,10-13,16-17,20-21,31-35H,8-9,14-15,18-19,22-25H2,1-3H3,(H2,55,80)(H,62,77)(H,63,79)(H,64,81)(H,65,83)(H,66,82)(H,67,89)(H,68,90)(H,71,84)(H2,54,69,88)(H4,56,57,60)(H4,58,59,61)(H,70,78,91)/t31-,32-,33+,34+,35+,53-/m0/s1. The number of aromatic amines is 3. The zero-order valence-corrected chi connectivity index (χ0v) is 49.0. The van der Waals surface area contributed by atoms with E-state index in [0.29, 0.717) is 18.6 Å². The molecule has 6 rings (SSSR count). The molecule has 0 saturated carbocycles. The van der Waals surface area contributed by atoms with Crippen molar-refractivity contribution < 1.29 is 38.4 Å². The first-order valence-electron chi connectivity index (χ1n) is 27.6. The van der Waals surface area contributed by atoms with E-state index in [1.807, 2.05) is 4.98 Å². The van der Waals surface area contributed by atoms with Crippen LogP contribution in [-0.2, 0) is 63.7 Å². The number of nitrogens with zero attached hydrogens (tertiary/aromatic N) is 6. The SMILES string of the molecule is CC(=O)N[C@@H](CCCNC(=N)N)C(=O)N[C@](C)(C(=O)N(C)CC(=O)N[C@H](Cn1c(=O)[nH]c2ccccc2c1=O)C(=O)N[C@H](Cn1c(=O)[nH]c2ccccc2c1=O)C(=O)N[C@H](Cn1ccc(N)nc1=O)C(=O)N[C@@H](CCCNC(=N)N)C(N)=O)n1ccc(=O)[nH]c1=O. The molecule has 0 fully saturated rings. The lowest BCUT2D eigenvalue weighted by molar-refractivity contribution is -0.147. The highest BCUT2D eigenvalue weighted by Gasteiger charge is 2.43. The molecule has 91 heavy (non-hydrogen) atoms. The first-order valence-corrected chi connectivity index (χ1v) is 27.6. The Morgan fingerprint density at radius 1 is 0.604 bits per heavy atom. The van der Waals surface area contributed by atoms with Gasteiger partial charge in [0.1, 0.15) is 36.0 Å². The van der Waals surface area contributed by atoms with Gasteiger partial charge >= 0.3 is 22.8 Å². The van der Waals surface area contributed by atoms with Gasteiger partial charge in [0.15, 0.2) is 17.6 Å². The lowest BCUT2D eigenvalue weighted by Crippen LogP contribution is -2.65. The molecule has 2 aromatic carbocycles. The molecule has 484 valence electrons. The number of hydrogen-bond acceptors (Lipinski definition) is 19. The largest absolute Gasteiger partial charge is 0.383 e. The van der Waals surface area contributed by atoms with Gasteiger partial charge in [-0.3, -0.25) is 86.8 Å². The van der Waals surface area contributed by atoms with Gasteiger partial charge < -0.3 is 80.3 Å². The summed E-state index contributed by atoms with van der Waals surface area (Å²) in [6, 6.07) is 4.12. The number of hydrogen-bond donors (Lipinski definition) is 17. The molecule has 0 unspecified atom stereocenters. The minimum Gasteiger partial charge on any atom is -0.383 e. The van der Waals surface area contributed by atoms with E-state index in [1.165, 1.54) is 48.5 Å². The van der Waals surface area contributed by atoms with E-state index in [0.717, 1.165) is 50.0 Å². The second kappa shape index (κ2) is 30.1. The van der Waals surface area contributed by atoms with Crippen LogP contribution in [0.4, 0.5) is 5.82 Å². The first-order chi connectivity index (χ1) is 43.0. The third kappa shape index (κ3) is 17.8. The average molecular weight is 1270 g/mol. The quantitative estimate of drug-likeness (QED) is 0.0118. The van der Waals surface area contributed by atoms with Crippen molar-refractivity contribution >= 4 is 86.8 Å². The summed E-state index contributed by atoms with van der Waals surface area (Å²) in [5.74, 6) is -10.5. The van der Waals surface area contributed by atoms with Crippen LogP contribution in [0.2, 0.25) is 0 Å². The zero-order chi connectivity index (χ0) is 67.0. The number of guanidine groups is 2. The molecule has 38 nitrogen and oxygen atoms in total. The predicted octanol–water partition coefficient (Wildman–Crippen LogP) is -8.51. The number of nitrogen functional groups attached to an aromatic ring is 1. The van der Waals surface area contributed by atoms with Crippen LogP contribution in [0.15, 0.2) is 107 Å². The molecule has 0 aliphatic heterocycles. The van der Waals surface area contributed by atoms with Crippen LogP contribution in [0.1, 0.15) is 39.5 Å². The second-order valence-electron chi connectivity index (χ2n) is 20.7. The Morgan fingerprint density at radius 3 is 1.57 bits per heavy atom. The van der Waals surface area contributed by atoms with E-state index in [9.17, 15) is 67.1 Å². The van der Waals surface area contributed by atoms with E-state index in [-0.39, 0.29) is 66.4 Å². The van der Waals surface area contributed by atoms with Crippen molar-refractivity contribution in [2.45, 2.75) is 95.0 Å². The van der Waals surface area contributed by atoms with Gasteiger partial charge in [-0.15, -0.1) is 0 Å². The van der Waals surface area contributed by atoms with Gasteiger partial charge in [0, 0.05) is 45.5 Å². The van der Waals surface area contributed by atoms with Gasteiger partial charge in [-0.25, -0.2) is 19.2 Å². The Balaban J connectivity index is 1.41. The number of nitrogens with two attached hydrogens (primary N) is 4. The zero-order valence-electron chi connectivity index (χ0n) is 49.0. The number of para-hydroxylation sites is 2. The number of likely N-dealkylation sites (N-methyl/N-ethyl adjacent to an activating group) is 1. The number of anilines is 1. The fourth-order valence-electron chi connectivity index (χ4n) is 9.34. The lowest BCUT2D eigenvalue weighted by atomic mass is 10.1. The molecule has 0 aliphatic carbocycles.